The molecule has 2 rings (SSSR count). The number of nitrogens with zero attached hydrogens (tertiary/aromatic N) is 2. The van der Waals surface area contributed by atoms with Crippen LogP contribution in [-0.4, -0.2) is 14.7 Å². The molecule has 102 valence electrons. The van der Waals surface area contributed by atoms with Gasteiger partial charge in [0.25, 0.3) is 0 Å². The van der Waals surface area contributed by atoms with E-state index in [1.807, 2.05) is 6.07 Å². The molecule has 0 aliphatic rings. The van der Waals surface area contributed by atoms with Crippen LogP contribution in [0.2, 0.25) is 0 Å². The van der Waals surface area contributed by atoms with Gasteiger partial charge < -0.3 is 9.67 Å². The highest BCUT2D eigenvalue weighted by molar-refractivity contribution is 7.98. The first-order valence-corrected chi connectivity index (χ1v) is 7.65. The molecule has 2 aromatic rings. The molecule has 1 aromatic heterocycles. The number of aliphatic hydroxyl groups excluding tert-OH is 1. The highest BCUT2D eigenvalue weighted by Crippen LogP contribution is 2.23. The van der Waals surface area contributed by atoms with E-state index in [4.69, 9.17) is 0 Å². The van der Waals surface area contributed by atoms with Gasteiger partial charge in [-0.3, -0.25) is 0 Å². The van der Waals surface area contributed by atoms with E-state index in [0.717, 1.165) is 36.0 Å². The van der Waals surface area contributed by atoms with Crippen molar-refractivity contribution < 1.29 is 5.11 Å². The number of hydrogen-bond acceptors (Lipinski definition) is 3. The fourth-order valence-electron chi connectivity index (χ4n) is 1.91. The van der Waals surface area contributed by atoms with Gasteiger partial charge in [0, 0.05) is 12.3 Å². The molecule has 1 heterocycles. The maximum absolute atomic E-state index is 9.35. The number of benzene rings is 1. The van der Waals surface area contributed by atoms with Crippen LogP contribution in [0.4, 0.5) is 0 Å². The standard InChI is InChI=1S/C15H20N2OS/c1-2-3-9-17-14(11-18)10-16-15(17)19-12-13-7-5-4-6-8-13/h4-8,10,18H,2-3,9,11-12H2,1H3. The van der Waals surface area contributed by atoms with E-state index in [1.54, 1.807) is 18.0 Å². The quantitative estimate of drug-likeness (QED) is 0.787. The third-order valence-electron chi connectivity index (χ3n) is 3.01. The molecule has 1 N–H and O–H groups in total. The molecule has 0 radical (unpaired) electrons. The molecule has 3 nitrogen and oxygen atoms in total. The lowest BCUT2D eigenvalue weighted by Gasteiger charge is -2.09. The van der Waals surface area contributed by atoms with Crippen molar-refractivity contribution in [1.82, 2.24) is 9.55 Å². The van der Waals surface area contributed by atoms with Crippen molar-refractivity contribution in [3.05, 3.63) is 47.8 Å². The van der Waals surface area contributed by atoms with Gasteiger partial charge in [-0.15, -0.1) is 0 Å². The molecule has 4 heteroatoms. The smallest absolute Gasteiger partial charge is 0.168 e. The zero-order chi connectivity index (χ0) is 13.5. The first-order valence-electron chi connectivity index (χ1n) is 6.67. The van der Waals surface area contributed by atoms with Crippen LogP contribution in [0.5, 0.6) is 0 Å². The summed E-state index contributed by atoms with van der Waals surface area (Å²) in [5.74, 6) is 0.912. The maximum Gasteiger partial charge on any atom is 0.168 e. The summed E-state index contributed by atoms with van der Waals surface area (Å²) in [6.45, 7) is 3.17. The Kier molecular flexibility index (Phi) is 5.48. The predicted octanol–water partition coefficient (Wildman–Crippen LogP) is 3.47. The fraction of sp³-hybridized carbons (Fsp3) is 0.400. The Balaban J connectivity index is 2.05. The van der Waals surface area contributed by atoms with E-state index in [9.17, 15) is 5.11 Å². The molecule has 0 aliphatic carbocycles. The Bertz CT molecular complexity index is 496. The molecule has 0 saturated heterocycles. The average Bonchev–Trinajstić information content (AvgIpc) is 2.86. The van der Waals surface area contributed by atoms with Gasteiger partial charge in [-0.05, 0) is 12.0 Å². The van der Waals surface area contributed by atoms with Gasteiger partial charge in [0.05, 0.1) is 18.5 Å². The molecule has 19 heavy (non-hydrogen) atoms. The van der Waals surface area contributed by atoms with E-state index in [0.29, 0.717) is 0 Å². The highest BCUT2D eigenvalue weighted by Gasteiger charge is 2.09. The summed E-state index contributed by atoms with van der Waals surface area (Å²) in [6, 6.07) is 10.4. The summed E-state index contributed by atoms with van der Waals surface area (Å²) >= 11 is 1.73. The van der Waals surface area contributed by atoms with Crippen LogP contribution in [0.3, 0.4) is 0 Å². The first-order chi connectivity index (χ1) is 9.35. The lowest BCUT2D eigenvalue weighted by molar-refractivity contribution is 0.268. The Morgan fingerprint density at radius 3 is 2.74 bits per heavy atom. The van der Waals surface area contributed by atoms with Crippen molar-refractivity contribution in [3.8, 4) is 0 Å². The van der Waals surface area contributed by atoms with Gasteiger partial charge in [0.2, 0.25) is 0 Å². The summed E-state index contributed by atoms with van der Waals surface area (Å²) in [7, 11) is 0. The first kappa shape index (κ1) is 14.2. The Hall–Kier alpha value is -1.26. The van der Waals surface area contributed by atoms with Gasteiger partial charge in [0.1, 0.15) is 0 Å². The second kappa shape index (κ2) is 7.36. The second-order valence-corrected chi connectivity index (χ2v) is 5.41. The summed E-state index contributed by atoms with van der Waals surface area (Å²) in [5, 5.41) is 10.3. The van der Waals surface area contributed by atoms with Crippen molar-refractivity contribution in [2.24, 2.45) is 0 Å². The largest absolute Gasteiger partial charge is 0.390 e. The van der Waals surface area contributed by atoms with Crippen LogP contribution in [-0.2, 0) is 18.9 Å². The molecule has 0 aliphatic heterocycles. The van der Waals surface area contributed by atoms with Crippen LogP contribution in [0.15, 0.2) is 41.7 Å². The summed E-state index contributed by atoms with van der Waals surface area (Å²) in [5.41, 5.74) is 2.20. The lowest BCUT2D eigenvalue weighted by atomic mass is 10.2. The molecular weight excluding hydrogens is 256 g/mol. The topological polar surface area (TPSA) is 38.0 Å². The third kappa shape index (κ3) is 3.85. The van der Waals surface area contributed by atoms with Gasteiger partial charge in [-0.2, -0.15) is 0 Å². The van der Waals surface area contributed by atoms with Crippen molar-refractivity contribution in [1.29, 1.82) is 0 Å². The zero-order valence-corrected chi connectivity index (χ0v) is 12.1. The van der Waals surface area contributed by atoms with E-state index < -0.39 is 0 Å². The second-order valence-electron chi connectivity index (χ2n) is 4.47. The average molecular weight is 276 g/mol. The van der Waals surface area contributed by atoms with Gasteiger partial charge >= 0.3 is 0 Å². The molecule has 1 aromatic carbocycles. The normalized spacial score (nSPS) is 10.8. The predicted molar refractivity (Wildman–Crippen MR) is 79.1 cm³/mol. The van der Waals surface area contributed by atoms with Crippen molar-refractivity contribution in [2.45, 2.75) is 43.8 Å². The summed E-state index contributed by atoms with van der Waals surface area (Å²) in [4.78, 5) is 4.42. The lowest BCUT2D eigenvalue weighted by Crippen LogP contribution is -2.04. The number of imidazole rings is 1. The van der Waals surface area contributed by atoms with Gasteiger partial charge in [0.15, 0.2) is 5.16 Å². The minimum absolute atomic E-state index is 0.0581. The molecule has 0 saturated carbocycles. The number of rotatable bonds is 7. The number of hydrogen-bond donors (Lipinski definition) is 1. The van der Waals surface area contributed by atoms with E-state index >= 15 is 0 Å². The van der Waals surface area contributed by atoms with Crippen LogP contribution >= 0.6 is 11.8 Å². The molecule has 0 unspecified atom stereocenters. The summed E-state index contributed by atoms with van der Waals surface area (Å²) in [6.07, 6.45) is 4.04. The fourth-order valence-corrected chi connectivity index (χ4v) is 2.89. The molecule has 0 amide bonds. The zero-order valence-electron chi connectivity index (χ0n) is 11.2. The Labute approximate surface area is 118 Å². The molecule has 0 bridgehead atoms. The van der Waals surface area contributed by atoms with Crippen molar-refractivity contribution >= 4 is 11.8 Å². The van der Waals surface area contributed by atoms with E-state index in [2.05, 4.69) is 40.7 Å². The van der Waals surface area contributed by atoms with Crippen molar-refractivity contribution in [2.75, 3.05) is 0 Å². The Morgan fingerprint density at radius 2 is 2.05 bits per heavy atom. The van der Waals surface area contributed by atoms with Gasteiger partial charge in [-0.1, -0.05) is 55.4 Å². The van der Waals surface area contributed by atoms with Crippen LogP contribution in [0, 0.1) is 0 Å². The van der Waals surface area contributed by atoms with E-state index in [1.165, 1.54) is 5.56 Å². The molecule has 0 fully saturated rings. The van der Waals surface area contributed by atoms with Crippen LogP contribution in [0.25, 0.3) is 0 Å². The third-order valence-corrected chi connectivity index (χ3v) is 4.07. The monoisotopic (exact) mass is 276 g/mol. The highest BCUT2D eigenvalue weighted by atomic mass is 32.2. The molecular formula is C15H20N2OS. The van der Waals surface area contributed by atoms with Gasteiger partial charge in [-0.25, -0.2) is 4.98 Å². The van der Waals surface area contributed by atoms with Crippen LogP contribution < -0.4 is 0 Å². The SMILES string of the molecule is CCCCn1c(CO)cnc1SCc1ccccc1. The van der Waals surface area contributed by atoms with Crippen LogP contribution in [0.1, 0.15) is 31.0 Å². The Morgan fingerprint density at radius 1 is 1.26 bits per heavy atom. The molecule has 0 spiro atoms. The number of aromatic nitrogens is 2. The van der Waals surface area contributed by atoms with Crippen molar-refractivity contribution in [3.63, 3.8) is 0 Å². The number of unbranched alkanes of at least 4 members (excludes halogenated alkanes) is 1. The molecule has 0 atom stereocenters. The minimum Gasteiger partial charge on any atom is -0.390 e. The summed E-state index contributed by atoms with van der Waals surface area (Å²) < 4.78 is 2.14. The number of aliphatic hydroxyl groups is 1. The minimum atomic E-state index is 0.0581. The number of thioether (sulfide) groups is 1. The van der Waals surface area contributed by atoms with E-state index in [-0.39, 0.29) is 6.61 Å². The maximum atomic E-state index is 9.35.